The van der Waals surface area contributed by atoms with Crippen molar-refractivity contribution in [2.45, 2.75) is 32.7 Å². The van der Waals surface area contributed by atoms with Crippen LogP contribution in [0.1, 0.15) is 24.0 Å². The number of ether oxygens (including phenoxy) is 1. The first kappa shape index (κ1) is 15.6. The molecule has 1 aliphatic rings. The van der Waals surface area contributed by atoms with Crippen molar-refractivity contribution in [3.8, 4) is 5.75 Å². The van der Waals surface area contributed by atoms with E-state index in [-0.39, 0.29) is 12.5 Å². The molecule has 5 nitrogen and oxygen atoms in total. The second-order valence-electron chi connectivity index (χ2n) is 5.24. The molecule has 0 bridgehead atoms. The molecule has 1 amide bonds. The van der Waals surface area contributed by atoms with Crippen LogP contribution in [0, 0.1) is 13.8 Å². The Morgan fingerprint density at radius 1 is 1.38 bits per heavy atom. The van der Waals surface area contributed by atoms with Crippen LogP contribution < -0.4 is 4.74 Å². The van der Waals surface area contributed by atoms with Gasteiger partial charge in [-0.25, -0.2) is 4.79 Å². The zero-order chi connectivity index (χ0) is 15.6. The molecule has 0 radical (unpaired) electrons. The van der Waals surface area contributed by atoms with Gasteiger partial charge in [-0.1, -0.05) is 11.6 Å². The van der Waals surface area contributed by atoms with Gasteiger partial charge in [0, 0.05) is 11.6 Å². The molecule has 0 aromatic heterocycles. The first-order valence-corrected chi connectivity index (χ1v) is 7.19. The molecular formula is C15H18ClNO4. The Bertz CT molecular complexity index is 550. The lowest BCUT2D eigenvalue weighted by molar-refractivity contribution is -0.148. The van der Waals surface area contributed by atoms with Crippen LogP contribution in [0.25, 0.3) is 0 Å². The van der Waals surface area contributed by atoms with Crippen molar-refractivity contribution in [1.82, 2.24) is 4.90 Å². The molecule has 1 fully saturated rings. The van der Waals surface area contributed by atoms with E-state index in [1.165, 1.54) is 4.90 Å². The molecule has 0 saturated carbocycles. The lowest BCUT2D eigenvalue weighted by Gasteiger charge is -2.21. The van der Waals surface area contributed by atoms with E-state index in [1.807, 2.05) is 13.8 Å². The third kappa shape index (κ3) is 3.47. The van der Waals surface area contributed by atoms with Crippen molar-refractivity contribution in [2.75, 3.05) is 13.2 Å². The molecule has 0 unspecified atom stereocenters. The van der Waals surface area contributed by atoms with Gasteiger partial charge in [-0.15, -0.1) is 0 Å². The van der Waals surface area contributed by atoms with E-state index in [0.29, 0.717) is 30.2 Å². The fourth-order valence-corrected chi connectivity index (χ4v) is 2.65. The minimum atomic E-state index is -0.959. The highest BCUT2D eigenvalue weighted by Crippen LogP contribution is 2.26. The van der Waals surface area contributed by atoms with Crippen molar-refractivity contribution >= 4 is 23.5 Å². The third-order valence-corrected chi connectivity index (χ3v) is 4.23. The van der Waals surface area contributed by atoms with Crippen LogP contribution >= 0.6 is 11.6 Å². The molecule has 1 saturated heterocycles. The quantitative estimate of drug-likeness (QED) is 0.927. The number of likely N-dealkylation sites (tertiary alicyclic amines) is 1. The highest BCUT2D eigenvalue weighted by molar-refractivity contribution is 6.32. The number of aliphatic carboxylic acids is 1. The summed E-state index contributed by atoms with van der Waals surface area (Å²) in [6, 6.07) is 2.80. The molecule has 0 spiro atoms. The molecule has 114 valence electrons. The number of aryl methyl sites for hydroxylation is 2. The number of amides is 1. The van der Waals surface area contributed by atoms with Gasteiger partial charge in [-0.3, -0.25) is 4.79 Å². The predicted octanol–water partition coefficient (Wildman–Crippen LogP) is 2.41. The molecule has 2 rings (SSSR count). The van der Waals surface area contributed by atoms with Gasteiger partial charge in [-0.05, 0) is 49.9 Å². The van der Waals surface area contributed by atoms with Crippen LogP contribution in [-0.4, -0.2) is 41.1 Å². The lowest BCUT2D eigenvalue weighted by Crippen LogP contribution is -2.42. The summed E-state index contributed by atoms with van der Waals surface area (Å²) in [5, 5.41) is 9.75. The van der Waals surface area contributed by atoms with Crippen LogP contribution in [0.2, 0.25) is 5.02 Å². The van der Waals surface area contributed by atoms with Crippen molar-refractivity contribution in [2.24, 2.45) is 0 Å². The SMILES string of the molecule is Cc1cc(OCC(=O)N2CCC[C@@H]2C(=O)O)cc(C)c1Cl. The Morgan fingerprint density at radius 3 is 2.57 bits per heavy atom. The number of hydrogen-bond acceptors (Lipinski definition) is 3. The fourth-order valence-electron chi connectivity index (χ4n) is 2.54. The summed E-state index contributed by atoms with van der Waals surface area (Å²) >= 11 is 6.07. The molecule has 6 heteroatoms. The van der Waals surface area contributed by atoms with E-state index in [9.17, 15) is 9.59 Å². The number of carboxylic acid groups (broad SMARTS) is 1. The molecule has 1 aliphatic heterocycles. The number of carboxylic acids is 1. The van der Waals surface area contributed by atoms with Crippen LogP contribution in [0.15, 0.2) is 12.1 Å². The average molecular weight is 312 g/mol. The lowest BCUT2D eigenvalue weighted by atomic mass is 10.1. The number of rotatable bonds is 4. The maximum Gasteiger partial charge on any atom is 0.326 e. The molecule has 0 aliphatic carbocycles. The van der Waals surface area contributed by atoms with Gasteiger partial charge in [0.1, 0.15) is 11.8 Å². The first-order chi connectivity index (χ1) is 9.90. The number of hydrogen-bond donors (Lipinski definition) is 1. The van der Waals surface area contributed by atoms with Crippen LogP contribution in [0.3, 0.4) is 0 Å². The summed E-state index contributed by atoms with van der Waals surface area (Å²) in [4.78, 5) is 24.5. The maximum atomic E-state index is 12.1. The number of nitrogens with zero attached hydrogens (tertiary/aromatic N) is 1. The van der Waals surface area contributed by atoms with Crippen LogP contribution in [0.4, 0.5) is 0 Å². The second kappa shape index (κ2) is 6.35. The van der Waals surface area contributed by atoms with Crippen molar-refractivity contribution in [3.63, 3.8) is 0 Å². The summed E-state index contributed by atoms with van der Waals surface area (Å²) in [6.07, 6.45) is 1.21. The van der Waals surface area contributed by atoms with E-state index in [4.69, 9.17) is 21.4 Å². The monoisotopic (exact) mass is 311 g/mol. The summed E-state index contributed by atoms with van der Waals surface area (Å²) in [7, 11) is 0. The smallest absolute Gasteiger partial charge is 0.326 e. The maximum absolute atomic E-state index is 12.1. The van der Waals surface area contributed by atoms with E-state index in [1.54, 1.807) is 12.1 Å². The third-order valence-electron chi connectivity index (χ3n) is 3.63. The fraction of sp³-hybridized carbons (Fsp3) is 0.467. The highest BCUT2D eigenvalue weighted by Gasteiger charge is 2.33. The second-order valence-corrected chi connectivity index (χ2v) is 5.62. The minimum Gasteiger partial charge on any atom is -0.484 e. The topological polar surface area (TPSA) is 66.8 Å². The summed E-state index contributed by atoms with van der Waals surface area (Å²) in [6.45, 7) is 4.04. The number of carbonyl (C=O) groups is 2. The summed E-state index contributed by atoms with van der Waals surface area (Å²) < 4.78 is 5.48. The van der Waals surface area contributed by atoms with Gasteiger partial charge in [-0.2, -0.15) is 0 Å². The zero-order valence-electron chi connectivity index (χ0n) is 12.1. The summed E-state index contributed by atoms with van der Waals surface area (Å²) in [5.74, 6) is -0.696. The van der Waals surface area contributed by atoms with Gasteiger partial charge in [0.05, 0.1) is 0 Å². The van der Waals surface area contributed by atoms with E-state index < -0.39 is 12.0 Å². The largest absolute Gasteiger partial charge is 0.484 e. The van der Waals surface area contributed by atoms with Crippen molar-refractivity contribution < 1.29 is 19.4 Å². The van der Waals surface area contributed by atoms with Gasteiger partial charge in [0.15, 0.2) is 6.61 Å². The van der Waals surface area contributed by atoms with Gasteiger partial charge >= 0.3 is 5.97 Å². The molecule has 21 heavy (non-hydrogen) atoms. The van der Waals surface area contributed by atoms with E-state index in [2.05, 4.69) is 0 Å². The Hall–Kier alpha value is -1.75. The molecule has 1 atom stereocenters. The molecular weight excluding hydrogens is 294 g/mol. The summed E-state index contributed by atoms with van der Waals surface area (Å²) in [5.41, 5.74) is 1.76. The van der Waals surface area contributed by atoms with Crippen LogP contribution in [0.5, 0.6) is 5.75 Å². The number of carbonyl (C=O) groups excluding carboxylic acids is 1. The molecule has 1 aromatic rings. The number of benzene rings is 1. The average Bonchev–Trinajstić information content (AvgIpc) is 2.91. The molecule has 1 aromatic carbocycles. The Kier molecular flexibility index (Phi) is 4.73. The zero-order valence-corrected chi connectivity index (χ0v) is 12.8. The Morgan fingerprint density at radius 2 is 2.00 bits per heavy atom. The Labute approximate surface area is 128 Å². The van der Waals surface area contributed by atoms with Gasteiger partial charge in [0.25, 0.3) is 5.91 Å². The van der Waals surface area contributed by atoms with E-state index >= 15 is 0 Å². The van der Waals surface area contributed by atoms with Crippen molar-refractivity contribution in [3.05, 3.63) is 28.3 Å². The first-order valence-electron chi connectivity index (χ1n) is 6.82. The van der Waals surface area contributed by atoms with Crippen molar-refractivity contribution in [1.29, 1.82) is 0 Å². The van der Waals surface area contributed by atoms with Gasteiger partial charge < -0.3 is 14.7 Å². The Balaban J connectivity index is 2.00. The molecule has 1 heterocycles. The number of halogens is 1. The normalized spacial score (nSPS) is 17.9. The predicted molar refractivity (Wildman–Crippen MR) is 78.8 cm³/mol. The highest BCUT2D eigenvalue weighted by atomic mass is 35.5. The molecule has 1 N–H and O–H groups in total. The van der Waals surface area contributed by atoms with E-state index in [0.717, 1.165) is 11.1 Å². The van der Waals surface area contributed by atoms with Gasteiger partial charge in [0.2, 0.25) is 0 Å². The minimum absolute atomic E-state index is 0.162. The van der Waals surface area contributed by atoms with Crippen LogP contribution in [-0.2, 0) is 9.59 Å². The standard InChI is InChI=1S/C15H18ClNO4/c1-9-6-11(7-10(2)14(9)16)21-8-13(18)17-5-3-4-12(17)15(19)20/h6-7,12H,3-5,8H2,1-2H3,(H,19,20)/t12-/m1/s1.